The van der Waals surface area contributed by atoms with Crippen molar-refractivity contribution in [2.75, 3.05) is 20.2 Å². The van der Waals surface area contributed by atoms with Gasteiger partial charge in [-0.3, -0.25) is 4.79 Å². The molecule has 0 spiro atoms. The number of phenols is 1. The highest BCUT2D eigenvalue weighted by atomic mass is 16.6. The number of benzene rings is 2. The van der Waals surface area contributed by atoms with E-state index in [2.05, 4.69) is 0 Å². The molecular weight excluding hydrogens is 330 g/mol. The topological polar surface area (TPSA) is 59.0 Å². The normalized spacial score (nSPS) is 18.1. The standard InChI is InChI=1S/C21H23NO4/c1-22(12-16-13-25-19-8-4-5-9-20(19)26-16)21(24)17-10-14-6-2-3-7-15(14)11-18(17)23/h4-5,8-11,16,23H,2-3,6-7,12-13H2,1H3. The molecule has 5 nitrogen and oxygen atoms in total. The van der Waals surface area contributed by atoms with Gasteiger partial charge in [-0.1, -0.05) is 12.1 Å². The van der Waals surface area contributed by atoms with E-state index in [4.69, 9.17) is 9.47 Å². The van der Waals surface area contributed by atoms with E-state index in [1.54, 1.807) is 18.0 Å². The van der Waals surface area contributed by atoms with Crippen molar-refractivity contribution in [3.8, 4) is 17.2 Å². The van der Waals surface area contributed by atoms with E-state index < -0.39 is 0 Å². The van der Waals surface area contributed by atoms with Crippen LogP contribution in [-0.2, 0) is 12.8 Å². The fourth-order valence-corrected chi connectivity index (χ4v) is 3.69. The first-order valence-corrected chi connectivity index (χ1v) is 9.10. The molecule has 1 unspecified atom stereocenters. The van der Waals surface area contributed by atoms with E-state index in [0.29, 0.717) is 24.5 Å². The molecule has 1 N–H and O–H groups in total. The second-order valence-electron chi connectivity index (χ2n) is 7.03. The third-order valence-electron chi connectivity index (χ3n) is 5.08. The zero-order valence-electron chi connectivity index (χ0n) is 14.9. The lowest BCUT2D eigenvalue weighted by Gasteiger charge is -2.30. The number of phenolic OH excluding ortho intramolecular Hbond substituents is 1. The smallest absolute Gasteiger partial charge is 0.257 e. The number of aryl methyl sites for hydroxylation is 2. The summed E-state index contributed by atoms with van der Waals surface area (Å²) in [4.78, 5) is 14.4. The van der Waals surface area contributed by atoms with Gasteiger partial charge in [0.1, 0.15) is 12.4 Å². The van der Waals surface area contributed by atoms with Gasteiger partial charge in [0.05, 0.1) is 12.1 Å². The van der Waals surface area contributed by atoms with Gasteiger partial charge in [0.25, 0.3) is 5.91 Å². The summed E-state index contributed by atoms with van der Waals surface area (Å²) < 4.78 is 11.6. The van der Waals surface area contributed by atoms with E-state index in [9.17, 15) is 9.90 Å². The first-order valence-electron chi connectivity index (χ1n) is 9.10. The zero-order valence-corrected chi connectivity index (χ0v) is 14.9. The molecule has 136 valence electrons. The predicted molar refractivity (Wildman–Crippen MR) is 98.1 cm³/mol. The Hall–Kier alpha value is -2.69. The Morgan fingerprint density at radius 3 is 2.62 bits per heavy atom. The van der Waals surface area contributed by atoms with E-state index >= 15 is 0 Å². The van der Waals surface area contributed by atoms with Crippen LogP contribution in [-0.4, -0.2) is 42.2 Å². The molecule has 0 bridgehead atoms. The maximum atomic E-state index is 12.8. The minimum Gasteiger partial charge on any atom is -0.507 e. The van der Waals surface area contributed by atoms with Crippen LogP contribution in [0.3, 0.4) is 0 Å². The van der Waals surface area contributed by atoms with E-state index in [-0.39, 0.29) is 17.8 Å². The Bertz CT molecular complexity index is 833. The van der Waals surface area contributed by atoms with Gasteiger partial charge in [-0.2, -0.15) is 0 Å². The molecule has 1 amide bonds. The molecule has 26 heavy (non-hydrogen) atoms. The van der Waals surface area contributed by atoms with Crippen molar-refractivity contribution in [1.82, 2.24) is 4.90 Å². The fourth-order valence-electron chi connectivity index (χ4n) is 3.69. The van der Waals surface area contributed by atoms with E-state index in [1.165, 1.54) is 5.56 Å². The molecular formula is C21H23NO4. The molecule has 0 saturated heterocycles. The number of nitrogens with zero attached hydrogens (tertiary/aromatic N) is 1. The number of fused-ring (bicyclic) bond motifs is 2. The lowest BCUT2D eigenvalue weighted by atomic mass is 9.89. The van der Waals surface area contributed by atoms with Gasteiger partial charge >= 0.3 is 0 Å². The highest BCUT2D eigenvalue weighted by molar-refractivity contribution is 5.97. The largest absolute Gasteiger partial charge is 0.507 e. The molecule has 4 rings (SSSR count). The van der Waals surface area contributed by atoms with Crippen LogP contribution in [0.5, 0.6) is 17.2 Å². The molecule has 2 aromatic rings. The van der Waals surface area contributed by atoms with Gasteiger partial charge in [0.2, 0.25) is 0 Å². The van der Waals surface area contributed by atoms with Gasteiger partial charge in [-0.05, 0) is 61.1 Å². The summed E-state index contributed by atoms with van der Waals surface area (Å²) in [5.74, 6) is 1.29. The first kappa shape index (κ1) is 16.8. The molecule has 0 radical (unpaired) electrons. The van der Waals surface area contributed by atoms with E-state index in [0.717, 1.165) is 37.0 Å². The van der Waals surface area contributed by atoms with Crippen LogP contribution < -0.4 is 9.47 Å². The molecule has 1 aliphatic heterocycles. The van der Waals surface area contributed by atoms with Crippen LogP contribution in [0.2, 0.25) is 0 Å². The third kappa shape index (κ3) is 3.21. The van der Waals surface area contributed by atoms with Crippen LogP contribution >= 0.6 is 0 Å². The lowest BCUT2D eigenvalue weighted by Crippen LogP contribution is -2.41. The van der Waals surface area contributed by atoms with Gasteiger partial charge < -0.3 is 19.5 Å². The monoisotopic (exact) mass is 353 g/mol. The second kappa shape index (κ2) is 6.90. The number of amides is 1. The molecule has 2 aromatic carbocycles. The Balaban J connectivity index is 1.47. The molecule has 1 heterocycles. The average molecular weight is 353 g/mol. The third-order valence-corrected chi connectivity index (χ3v) is 5.08. The van der Waals surface area contributed by atoms with Crippen molar-refractivity contribution in [2.24, 2.45) is 0 Å². The first-order chi connectivity index (χ1) is 12.6. The minimum absolute atomic E-state index is 0.0636. The highest BCUT2D eigenvalue weighted by Crippen LogP contribution is 2.32. The fraction of sp³-hybridized carbons (Fsp3) is 0.381. The summed E-state index contributed by atoms with van der Waals surface area (Å²) in [7, 11) is 1.73. The summed E-state index contributed by atoms with van der Waals surface area (Å²) >= 11 is 0. The predicted octanol–water partition coefficient (Wildman–Crippen LogP) is 3.18. The van der Waals surface area contributed by atoms with Gasteiger partial charge in [0.15, 0.2) is 17.6 Å². The molecule has 0 saturated carbocycles. The number of rotatable bonds is 3. The number of likely N-dealkylation sites (N-methyl/N-ethyl adjacent to an activating group) is 1. The molecule has 2 aliphatic rings. The Morgan fingerprint density at radius 1 is 1.15 bits per heavy atom. The van der Waals surface area contributed by atoms with Crippen LogP contribution in [0.15, 0.2) is 36.4 Å². The Kier molecular flexibility index (Phi) is 4.45. The van der Waals surface area contributed by atoms with Gasteiger partial charge in [-0.15, -0.1) is 0 Å². The van der Waals surface area contributed by atoms with E-state index in [1.807, 2.05) is 30.3 Å². The molecule has 0 fully saturated rings. The van der Waals surface area contributed by atoms with Gasteiger partial charge in [0, 0.05) is 7.05 Å². The van der Waals surface area contributed by atoms with Crippen molar-refractivity contribution in [3.63, 3.8) is 0 Å². The number of aromatic hydroxyl groups is 1. The molecule has 0 aromatic heterocycles. The maximum Gasteiger partial charge on any atom is 0.257 e. The molecule has 1 atom stereocenters. The Labute approximate surface area is 153 Å². The van der Waals surface area contributed by atoms with Crippen molar-refractivity contribution >= 4 is 5.91 Å². The van der Waals surface area contributed by atoms with Crippen molar-refractivity contribution in [2.45, 2.75) is 31.8 Å². The van der Waals surface area contributed by atoms with Crippen LogP contribution in [0, 0.1) is 0 Å². The minimum atomic E-state index is -0.237. The number of para-hydroxylation sites is 2. The molecule has 1 aliphatic carbocycles. The number of carbonyl (C=O) groups is 1. The van der Waals surface area contributed by atoms with Crippen LogP contribution in [0.1, 0.15) is 34.3 Å². The number of ether oxygens (including phenoxy) is 2. The number of hydrogen-bond donors (Lipinski definition) is 1. The highest BCUT2D eigenvalue weighted by Gasteiger charge is 2.26. The number of carbonyl (C=O) groups excluding carboxylic acids is 1. The summed E-state index contributed by atoms with van der Waals surface area (Å²) in [5, 5.41) is 10.3. The lowest BCUT2D eigenvalue weighted by molar-refractivity contribution is 0.0519. The maximum absolute atomic E-state index is 12.8. The second-order valence-corrected chi connectivity index (χ2v) is 7.03. The van der Waals surface area contributed by atoms with Crippen molar-refractivity contribution in [3.05, 3.63) is 53.1 Å². The van der Waals surface area contributed by atoms with Crippen LogP contribution in [0.25, 0.3) is 0 Å². The summed E-state index contributed by atoms with van der Waals surface area (Å²) in [6.07, 6.45) is 3.97. The van der Waals surface area contributed by atoms with Crippen molar-refractivity contribution in [1.29, 1.82) is 0 Å². The SMILES string of the molecule is CN(CC1COc2ccccc2O1)C(=O)c1cc2c(cc1O)CCCC2. The van der Waals surface area contributed by atoms with Crippen molar-refractivity contribution < 1.29 is 19.4 Å². The molecule has 5 heteroatoms. The summed E-state index contributed by atoms with van der Waals surface area (Å²) in [6, 6.07) is 11.1. The average Bonchev–Trinajstić information content (AvgIpc) is 2.66. The quantitative estimate of drug-likeness (QED) is 0.921. The number of hydrogen-bond acceptors (Lipinski definition) is 4. The zero-order chi connectivity index (χ0) is 18.1. The Morgan fingerprint density at radius 2 is 1.85 bits per heavy atom. The van der Waals surface area contributed by atoms with Gasteiger partial charge in [-0.25, -0.2) is 0 Å². The summed E-state index contributed by atoms with van der Waals surface area (Å²) in [6.45, 7) is 0.786. The summed E-state index contributed by atoms with van der Waals surface area (Å²) in [5.41, 5.74) is 2.70. The van der Waals surface area contributed by atoms with Crippen LogP contribution in [0.4, 0.5) is 0 Å².